The number of imidazole rings is 1. The molecule has 3 aliphatic rings. The van der Waals surface area contributed by atoms with Gasteiger partial charge in [0.15, 0.2) is 5.16 Å². The average molecular weight is 344 g/mol. The third kappa shape index (κ3) is 2.39. The van der Waals surface area contributed by atoms with Crippen molar-refractivity contribution in [1.82, 2.24) is 14.5 Å². The number of rotatable bonds is 3. The molecule has 0 saturated carbocycles. The number of fused-ring (bicyclic) bond motifs is 2. The van der Waals surface area contributed by atoms with E-state index in [4.69, 9.17) is 0 Å². The number of hydrogen-bond donors (Lipinski definition) is 2. The van der Waals surface area contributed by atoms with E-state index in [1.807, 2.05) is 10.8 Å². The summed E-state index contributed by atoms with van der Waals surface area (Å²) >= 11 is 1.64. The molecule has 3 aliphatic heterocycles. The van der Waals surface area contributed by atoms with Crippen molar-refractivity contribution in [1.29, 1.82) is 0 Å². The molecule has 4 heterocycles. The number of carbonyl (C=O) groups excluding carboxylic acids is 1. The van der Waals surface area contributed by atoms with E-state index < -0.39 is 18.0 Å². The predicted molar refractivity (Wildman–Crippen MR) is 83.7 cm³/mol. The number of carboxylic acids is 1. The van der Waals surface area contributed by atoms with E-state index in [-0.39, 0.29) is 47.2 Å². The fraction of sp³-hybridized carbons (Fsp3) is 0.500. The van der Waals surface area contributed by atoms with Crippen molar-refractivity contribution < 1.29 is 19.8 Å². The molecule has 0 aromatic carbocycles. The summed E-state index contributed by atoms with van der Waals surface area (Å²) in [7, 11) is 0. The fourth-order valence-corrected chi connectivity index (χ4v) is 4.50. The van der Waals surface area contributed by atoms with E-state index in [2.05, 4.69) is 4.98 Å². The van der Waals surface area contributed by atoms with E-state index in [0.717, 1.165) is 17.5 Å². The maximum atomic E-state index is 12.2. The summed E-state index contributed by atoms with van der Waals surface area (Å²) in [5, 5.41) is 20.1. The molecule has 9 heteroatoms. The number of nitrogens with zero attached hydrogens (tertiary/aromatic N) is 3. The SMILES string of the molecule is C[C@@H](O)[C@H]1C(=O)N2C(C(=O)O)=C(c3cn4c(n3)SCC4)C[C@H]12.[Na]. The van der Waals surface area contributed by atoms with Crippen molar-refractivity contribution >= 4 is 58.8 Å². The van der Waals surface area contributed by atoms with Gasteiger partial charge < -0.3 is 19.7 Å². The second-order valence-corrected chi connectivity index (χ2v) is 6.89. The Labute approximate surface area is 159 Å². The monoisotopic (exact) mass is 344 g/mol. The minimum absolute atomic E-state index is 0. The van der Waals surface area contributed by atoms with E-state index in [0.29, 0.717) is 17.7 Å². The van der Waals surface area contributed by atoms with Crippen molar-refractivity contribution in [3.8, 4) is 0 Å². The van der Waals surface area contributed by atoms with Crippen LogP contribution < -0.4 is 0 Å². The van der Waals surface area contributed by atoms with Gasteiger partial charge in [-0.25, -0.2) is 9.78 Å². The molecule has 1 fully saturated rings. The molecule has 2 N–H and O–H groups in total. The third-order valence-electron chi connectivity index (χ3n) is 4.54. The van der Waals surface area contributed by atoms with Gasteiger partial charge in [0.25, 0.3) is 0 Å². The van der Waals surface area contributed by atoms with Crippen LogP contribution in [-0.2, 0) is 16.1 Å². The molecule has 3 atom stereocenters. The van der Waals surface area contributed by atoms with Gasteiger partial charge in [-0.1, -0.05) is 11.8 Å². The van der Waals surface area contributed by atoms with Crippen LogP contribution in [0, 0.1) is 5.92 Å². The van der Waals surface area contributed by atoms with Crippen LogP contribution in [0.3, 0.4) is 0 Å². The molecule has 1 radical (unpaired) electrons. The summed E-state index contributed by atoms with van der Waals surface area (Å²) in [5.74, 6) is -0.968. The molecule has 117 valence electrons. The molecule has 4 rings (SSSR count). The van der Waals surface area contributed by atoms with Gasteiger partial charge in [-0.05, 0) is 13.3 Å². The Kier molecular flexibility index (Phi) is 4.39. The van der Waals surface area contributed by atoms with Crippen LogP contribution in [0.15, 0.2) is 17.1 Å². The number of aliphatic carboxylic acids is 1. The number of aliphatic hydroxyl groups excluding tert-OH is 1. The van der Waals surface area contributed by atoms with Crippen LogP contribution >= 0.6 is 11.8 Å². The smallest absolute Gasteiger partial charge is 0.352 e. The predicted octanol–water partition coefficient (Wildman–Crippen LogP) is 0.0152. The van der Waals surface area contributed by atoms with Gasteiger partial charge in [0, 0.05) is 53.6 Å². The standard InChI is InChI=1S/C14H15N3O4S.Na/c1-6(18)10-9-4-7(11(13(20)21)17(9)12(10)19)8-5-16-2-3-22-14(16)15-8;/h5-6,9-10,18H,2-4H2,1H3,(H,20,21);/t6-,9-,10-;/m1./s1. The molecule has 0 aliphatic carbocycles. The first-order valence-corrected chi connectivity index (χ1v) is 8.15. The van der Waals surface area contributed by atoms with Gasteiger partial charge in [0.2, 0.25) is 5.91 Å². The molecule has 7 nitrogen and oxygen atoms in total. The topological polar surface area (TPSA) is 95.7 Å². The van der Waals surface area contributed by atoms with Crippen molar-refractivity contribution in [2.45, 2.75) is 37.2 Å². The minimum Gasteiger partial charge on any atom is -0.477 e. The van der Waals surface area contributed by atoms with Crippen LogP contribution in [0.25, 0.3) is 5.57 Å². The number of aromatic nitrogens is 2. The number of thioether (sulfide) groups is 1. The van der Waals surface area contributed by atoms with E-state index in [9.17, 15) is 19.8 Å². The molecule has 0 bridgehead atoms. The Morgan fingerprint density at radius 1 is 1.52 bits per heavy atom. The van der Waals surface area contributed by atoms with Crippen LogP contribution in [0.4, 0.5) is 0 Å². The van der Waals surface area contributed by atoms with Crippen molar-refractivity contribution in [3.63, 3.8) is 0 Å². The first-order valence-electron chi connectivity index (χ1n) is 7.17. The van der Waals surface area contributed by atoms with Gasteiger partial charge in [-0.3, -0.25) is 4.79 Å². The zero-order chi connectivity index (χ0) is 15.6. The summed E-state index contributed by atoms with van der Waals surface area (Å²) in [6.45, 7) is 2.44. The van der Waals surface area contributed by atoms with Crippen LogP contribution in [0.5, 0.6) is 0 Å². The number of amides is 1. The molecular formula is C14H15N3NaO4S. The number of aryl methyl sites for hydroxylation is 1. The largest absolute Gasteiger partial charge is 0.477 e. The summed E-state index contributed by atoms with van der Waals surface area (Å²) in [4.78, 5) is 29.6. The fourth-order valence-electron chi connectivity index (χ4n) is 3.55. The molecular weight excluding hydrogens is 329 g/mol. The van der Waals surface area contributed by atoms with E-state index in [1.165, 1.54) is 4.90 Å². The van der Waals surface area contributed by atoms with Crippen molar-refractivity contribution in [3.05, 3.63) is 17.6 Å². The molecule has 1 aromatic heterocycles. The first-order chi connectivity index (χ1) is 10.5. The molecule has 0 unspecified atom stereocenters. The first kappa shape index (κ1) is 17.0. The number of carbonyl (C=O) groups is 2. The number of β-lactam (4-membered cyclic amide) rings is 1. The minimum atomic E-state index is -1.12. The zero-order valence-corrected chi connectivity index (χ0v) is 15.7. The van der Waals surface area contributed by atoms with Gasteiger partial charge in [0.1, 0.15) is 5.70 Å². The van der Waals surface area contributed by atoms with Crippen LogP contribution in [-0.4, -0.2) is 84.0 Å². The van der Waals surface area contributed by atoms with Gasteiger partial charge >= 0.3 is 5.97 Å². The molecule has 0 spiro atoms. The second-order valence-electron chi connectivity index (χ2n) is 5.83. The van der Waals surface area contributed by atoms with E-state index >= 15 is 0 Å². The zero-order valence-electron chi connectivity index (χ0n) is 12.9. The second kappa shape index (κ2) is 5.93. The van der Waals surface area contributed by atoms with E-state index in [1.54, 1.807) is 18.7 Å². The number of carboxylic acid groups (broad SMARTS) is 1. The molecule has 1 aromatic rings. The van der Waals surface area contributed by atoms with Crippen molar-refractivity contribution in [2.75, 3.05) is 5.75 Å². The maximum absolute atomic E-state index is 12.2. The van der Waals surface area contributed by atoms with Gasteiger partial charge in [-0.15, -0.1) is 0 Å². The normalized spacial score (nSPS) is 26.5. The van der Waals surface area contributed by atoms with Crippen molar-refractivity contribution in [2.24, 2.45) is 5.92 Å². The number of aliphatic hydroxyl groups is 1. The average Bonchev–Trinajstić information content (AvgIpc) is 3.06. The Hall–Kier alpha value is -0.800. The Morgan fingerprint density at radius 2 is 2.26 bits per heavy atom. The Balaban J connectivity index is 0.00000156. The summed E-state index contributed by atoms with van der Waals surface area (Å²) in [6.07, 6.45) is 1.52. The van der Waals surface area contributed by atoms with Crippen LogP contribution in [0.2, 0.25) is 0 Å². The summed E-state index contributed by atoms with van der Waals surface area (Å²) < 4.78 is 2.01. The summed E-state index contributed by atoms with van der Waals surface area (Å²) in [6, 6.07) is -0.266. The quantitative estimate of drug-likeness (QED) is 0.593. The van der Waals surface area contributed by atoms with Crippen LogP contribution in [0.1, 0.15) is 19.0 Å². The van der Waals surface area contributed by atoms with Gasteiger partial charge in [0.05, 0.1) is 23.8 Å². The Morgan fingerprint density at radius 3 is 2.87 bits per heavy atom. The Bertz CT molecular complexity index is 708. The maximum Gasteiger partial charge on any atom is 0.352 e. The molecule has 1 saturated heterocycles. The molecule has 23 heavy (non-hydrogen) atoms. The molecule has 1 amide bonds. The number of hydrogen-bond acceptors (Lipinski definition) is 5. The summed E-state index contributed by atoms with van der Waals surface area (Å²) in [5.41, 5.74) is 1.25. The third-order valence-corrected chi connectivity index (χ3v) is 5.51. The van der Waals surface area contributed by atoms with Gasteiger partial charge in [-0.2, -0.15) is 0 Å².